The lowest BCUT2D eigenvalue weighted by molar-refractivity contribution is -0.149. The van der Waals surface area contributed by atoms with Gasteiger partial charge in [0.25, 0.3) is 0 Å². The van der Waals surface area contributed by atoms with Crippen LogP contribution in [0, 0.1) is 19.3 Å². The quantitative estimate of drug-likeness (QED) is 0.908. The monoisotopic (exact) mass is 263 g/mol. The summed E-state index contributed by atoms with van der Waals surface area (Å²) in [6.07, 6.45) is -0.0220. The number of carboxylic acid groups (broad SMARTS) is 1. The van der Waals surface area contributed by atoms with Crippen LogP contribution in [0.1, 0.15) is 31.4 Å². The first-order valence-electron chi connectivity index (χ1n) is 6.22. The van der Waals surface area contributed by atoms with Crippen LogP contribution >= 0.6 is 0 Å². The number of carbonyl (C=O) groups is 2. The van der Waals surface area contributed by atoms with E-state index in [1.54, 1.807) is 20.9 Å². The second kappa shape index (κ2) is 5.43. The molecule has 1 rings (SSSR count). The third-order valence-corrected chi connectivity index (χ3v) is 3.14. The van der Waals surface area contributed by atoms with E-state index in [-0.39, 0.29) is 12.3 Å². The Morgan fingerprint density at radius 3 is 2.05 bits per heavy atom. The molecule has 1 aromatic carbocycles. The number of aliphatic carboxylic acids is 1. The number of rotatable bonds is 4. The highest BCUT2D eigenvalue weighted by Crippen LogP contribution is 2.24. The minimum absolute atomic E-state index is 0.0220. The predicted molar refractivity (Wildman–Crippen MR) is 75.4 cm³/mol. The van der Waals surface area contributed by atoms with Gasteiger partial charge in [-0.1, -0.05) is 6.07 Å². The summed E-state index contributed by atoms with van der Waals surface area (Å²) in [4.78, 5) is 24.7. The van der Waals surface area contributed by atoms with Gasteiger partial charge in [0.05, 0.1) is 5.41 Å². The highest BCUT2D eigenvalue weighted by molar-refractivity contribution is 5.95. The molecule has 19 heavy (non-hydrogen) atoms. The van der Waals surface area contributed by atoms with E-state index in [4.69, 9.17) is 5.11 Å². The molecule has 0 atom stereocenters. The van der Waals surface area contributed by atoms with E-state index < -0.39 is 11.4 Å². The SMILES string of the molecule is Cc1cc(C)cc(N(C)C(=O)CC(C)(C)C(=O)O)c1. The molecule has 0 heterocycles. The van der Waals surface area contributed by atoms with Crippen molar-refractivity contribution in [2.24, 2.45) is 5.41 Å². The molecule has 0 spiro atoms. The van der Waals surface area contributed by atoms with E-state index in [0.29, 0.717) is 0 Å². The van der Waals surface area contributed by atoms with Crippen molar-refractivity contribution in [2.75, 3.05) is 11.9 Å². The first-order chi connectivity index (χ1) is 8.63. The molecule has 104 valence electrons. The Hall–Kier alpha value is -1.84. The van der Waals surface area contributed by atoms with Gasteiger partial charge in [-0.2, -0.15) is 0 Å². The summed E-state index contributed by atoms with van der Waals surface area (Å²) in [5.74, 6) is -1.16. The summed E-state index contributed by atoms with van der Waals surface area (Å²) >= 11 is 0. The number of hydrogen-bond acceptors (Lipinski definition) is 2. The van der Waals surface area contributed by atoms with Crippen molar-refractivity contribution in [1.82, 2.24) is 0 Å². The van der Waals surface area contributed by atoms with Crippen molar-refractivity contribution < 1.29 is 14.7 Å². The van der Waals surface area contributed by atoms with Crippen LogP contribution in [0.3, 0.4) is 0 Å². The van der Waals surface area contributed by atoms with Crippen LogP contribution in [0.5, 0.6) is 0 Å². The molecule has 1 amide bonds. The Bertz CT molecular complexity index is 486. The van der Waals surface area contributed by atoms with E-state index in [0.717, 1.165) is 16.8 Å². The van der Waals surface area contributed by atoms with Gasteiger partial charge < -0.3 is 10.0 Å². The van der Waals surface area contributed by atoms with Crippen molar-refractivity contribution in [3.8, 4) is 0 Å². The number of carboxylic acids is 1. The molecule has 0 fully saturated rings. The molecule has 0 aliphatic carbocycles. The topological polar surface area (TPSA) is 57.6 Å². The lowest BCUT2D eigenvalue weighted by atomic mass is 9.89. The second-order valence-electron chi connectivity index (χ2n) is 5.66. The van der Waals surface area contributed by atoms with Gasteiger partial charge in [-0.3, -0.25) is 9.59 Å². The van der Waals surface area contributed by atoms with Gasteiger partial charge in [0, 0.05) is 19.2 Å². The third-order valence-electron chi connectivity index (χ3n) is 3.14. The Kier molecular flexibility index (Phi) is 4.35. The van der Waals surface area contributed by atoms with E-state index in [1.807, 2.05) is 32.0 Å². The van der Waals surface area contributed by atoms with E-state index in [9.17, 15) is 9.59 Å². The molecule has 4 heteroatoms. The summed E-state index contributed by atoms with van der Waals surface area (Å²) in [7, 11) is 1.68. The number of amides is 1. The highest BCUT2D eigenvalue weighted by Gasteiger charge is 2.31. The maximum absolute atomic E-state index is 12.1. The second-order valence-corrected chi connectivity index (χ2v) is 5.66. The highest BCUT2D eigenvalue weighted by atomic mass is 16.4. The minimum Gasteiger partial charge on any atom is -0.481 e. The van der Waals surface area contributed by atoms with Crippen LogP contribution in [-0.4, -0.2) is 24.0 Å². The predicted octanol–water partition coefficient (Wildman–Crippen LogP) is 2.77. The Labute approximate surface area is 114 Å². The van der Waals surface area contributed by atoms with Crippen molar-refractivity contribution in [3.05, 3.63) is 29.3 Å². The van der Waals surface area contributed by atoms with Gasteiger partial charge >= 0.3 is 5.97 Å². The van der Waals surface area contributed by atoms with Crippen molar-refractivity contribution in [3.63, 3.8) is 0 Å². The summed E-state index contributed by atoms with van der Waals surface area (Å²) in [6.45, 7) is 7.05. The normalized spacial score (nSPS) is 11.2. The van der Waals surface area contributed by atoms with Crippen LogP contribution in [0.25, 0.3) is 0 Å². The van der Waals surface area contributed by atoms with Gasteiger partial charge in [-0.15, -0.1) is 0 Å². The van der Waals surface area contributed by atoms with Crippen molar-refractivity contribution in [2.45, 2.75) is 34.1 Å². The Balaban J connectivity index is 2.91. The van der Waals surface area contributed by atoms with E-state index >= 15 is 0 Å². The molecule has 0 saturated heterocycles. The fourth-order valence-corrected chi connectivity index (χ4v) is 1.86. The first kappa shape index (κ1) is 15.2. The van der Waals surface area contributed by atoms with Gasteiger partial charge in [0.2, 0.25) is 5.91 Å². The zero-order chi connectivity index (χ0) is 14.8. The number of benzene rings is 1. The smallest absolute Gasteiger partial charge is 0.309 e. The van der Waals surface area contributed by atoms with Gasteiger partial charge in [-0.05, 0) is 51.0 Å². The molecule has 1 aromatic rings. The Morgan fingerprint density at radius 2 is 1.63 bits per heavy atom. The third kappa shape index (κ3) is 3.81. The average Bonchev–Trinajstić information content (AvgIpc) is 2.25. The van der Waals surface area contributed by atoms with Crippen LogP contribution in [0.15, 0.2) is 18.2 Å². The summed E-state index contributed by atoms with van der Waals surface area (Å²) < 4.78 is 0. The number of nitrogens with zero attached hydrogens (tertiary/aromatic N) is 1. The standard InChI is InChI=1S/C15H21NO3/c1-10-6-11(2)8-12(7-10)16(5)13(17)9-15(3,4)14(18)19/h6-8H,9H2,1-5H3,(H,18,19). The maximum Gasteiger partial charge on any atom is 0.309 e. The zero-order valence-electron chi connectivity index (χ0n) is 12.2. The number of hydrogen-bond donors (Lipinski definition) is 1. The fourth-order valence-electron chi connectivity index (χ4n) is 1.86. The molecule has 0 aromatic heterocycles. The number of carbonyl (C=O) groups excluding carboxylic acids is 1. The minimum atomic E-state index is -1.05. The molecule has 1 N–H and O–H groups in total. The zero-order valence-corrected chi connectivity index (χ0v) is 12.2. The van der Waals surface area contributed by atoms with Crippen LogP contribution < -0.4 is 4.90 Å². The van der Waals surface area contributed by atoms with Crippen LogP contribution in [0.2, 0.25) is 0 Å². The largest absolute Gasteiger partial charge is 0.481 e. The lowest BCUT2D eigenvalue weighted by Gasteiger charge is -2.24. The number of anilines is 1. The molecule has 0 bridgehead atoms. The molecular weight excluding hydrogens is 242 g/mol. The van der Waals surface area contributed by atoms with E-state index in [2.05, 4.69) is 0 Å². The molecule has 0 aliphatic rings. The van der Waals surface area contributed by atoms with Crippen molar-refractivity contribution in [1.29, 1.82) is 0 Å². The Morgan fingerprint density at radius 1 is 1.16 bits per heavy atom. The summed E-state index contributed by atoms with van der Waals surface area (Å²) in [6, 6.07) is 5.86. The molecule has 0 saturated carbocycles. The summed E-state index contributed by atoms with van der Waals surface area (Å²) in [5.41, 5.74) is 1.90. The fraction of sp³-hybridized carbons (Fsp3) is 0.467. The molecule has 4 nitrogen and oxygen atoms in total. The van der Waals surface area contributed by atoms with Gasteiger partial charge in [-0.25, -0.2) is 0 Å². The lowest BCUT2D eigenvalue weighted by Crippen LogP contribution is -2.34. The molecule has 0 aliphatic heterocycles. The molecule has 0 unspecified atom stereocenters. The van der Waals surface area contributed by atoms with E-state index in [1.165, 1.54) is 4.90 Å². The average molecular weight is 263 g/mol. The van der Waals surface area contributed by atoms with Crippen LogP contribution in [-0.2, 0) is 9.59 Å². The van der Waals surface area contributed by atoms with Gasteiger partial charge in [0.1, 0.15) is 0 Å². The molecular formula is C15H21NO3. The first-order valence-corrected chi connectivity index (χ1v) is 6.22. The summed E-state index contributed by atoms with van der Waals surface area (Å²) in [5, 5.41) is 9.06. The van der Waals surface area contributed by atoms with Crippen molar-refractivity contribution >= 4 is 17.6 Å². The van der Waals surface area contributed by atoms with Crippen LogP contribution in [0.4, 0.5) is 5.69 Å². The number of aryl methyl sites for hydroxylation is 2. The van der Waals surface area contributed by atoms with Gasteiger partial charge in [0.15, 0.2) is 0 Å². The molecule has 0 radical (unpaired) electrons. The maximum atomic E-state index is 12.1.